The SMILES string of the molecule is CCOC(=O)/C=C/C(=O)OCC(=O)Nc1ccc(SC(F)F)cc1. The van der Waals surface area contributed by atoms with E-state index in [1.807, 2.05) is 0 Å². The predicted molar refractivity (Wildman–Crippen MR) is 83.7 cm³/mol. The zero-order chi connectivity index (χ0) is 17.9. The van der Waals surface area contributed by atoms with Gasteiger partial charge in [0, 0.05) is 22.7 Å². The number of alkyl halides is 2. The molecule has 9 heteroatoms. The van der Waals surface area contributed by atoms with Crippen molar-refractivity contribution >= 4 is 35.3 Å². The summed E-state index contributed by atoms with van der Waals surface area (Å²) in [7, 11) is 0. The maximum absolute atomic E-state index is 12.2. The van der Waals surface area contributed by atoms with Gasteiger partial charge in [0.2, 0.25) is 0 Å². The second kappa shape index (κ2) is 10.4. The summed E-state index contributed by atoms with van der Waals surface area (Å²) in [6.07, 6.45) is 1.74. The molecular formula is C15H15F2NO5S. The van der Waals surface area contributed by atoms with Gasteiger partial charge in [-0.05, 0) is 31.2 Å². The quantitative estimate of drug-likeness (QED) is 0.436. The largest absolute Gasteiger partial charge is 0.463 e. The highest BCUT2D eigenvalue weighted by Crippen LogP contribution is 2.26. The Hall–Kier alpha value is -2.42. The summed E-state index contributed by atoms with van der Waals surface area (Å²) in [4.78, 5) is 34.2. The van der Waals surface area contributed by atoms with Gasteiger partial charge in [-0.2, -0.15) is 8.78 Å². The molecule has 1 aromatic rings. The molecule has 0 saturated heterocycles. The first-order chi connectivity index (χ1) is 11.4. The topological polar surface area (TPSA) is 81.7 Å². The van der Waals surface area contributed by atoms with Crippen LogP contribution in [0, 0.1) is 0 Å². The van der Waals surface area contributed by atoms with Gasteiger partial charge < -0.3 is 14.8 Å². The number of benzene rings is 1. The molecule has 0 spiro atoms. The van der Waals surface area contributed by atoms with Gasteiger partial charge in [0.1, 0.15) is 0 Å². The molecule has 1 rings (SSSR count). The van der Waals surface area contributed by atoms with Crippen LogP contribution in [0.1, 0.15) is 6.92 Å². The van der Waals surface area contributed by atoms with Gasteiger partial charge in [-0.3, -0.25) is 4.79 Å². The van der Waals surface area contributed by atoms with Gasteiger partial charge in [0.15, 0.2) is 6.61 Å². The highest BCUT2D eigenvalue weighted by Gasteiger charge is 2.08. The highest BCUT2D eigenvalue weighted by molar-refractivity contribution is 7.99. The maximum atomic E-state index is 12.2. The lowest BCUT2D eigenvalue weighted by Gasteiger charge is -2.06. The lowest BCUT2D eigenvalue weighted by atomic mass is 10.3. The number of nitrogens with one attached hydrogen (secondary N) is 1. The number of thioether (sulfide) groups is 1. The van der Waals surface area contributed by atoms with Crippen molar-refractivity contribution in [2.75, 3.05) is 18.5 Å². The van der Waals surface area contributed by atoms with Crippen molar-refractivity contribution in [1.82, 2.24) is 0 Å². The third kappa shape index (κ3) is 8.28. The van der Waals surface area contributed by atoms with Crippen molar-refractivity contribution in [2.45, 2.75) is 17.6 Å². The number of halogens is 2. The van der Waals surface area contributed by atoms with Gasteiger partial charge in [-0.15, -0.1) is 0 Å². The molecule has 0 saturated carbocycles. The molecule has 24 heavy (non-hydrogen) atoms. The Bertz CT molecular complexity index is 604. The van der Waals surface area contributed by atoms with E-state index in [-0.39, 0.29) is 6.61 Å². The summed E-state index contributed by atoms with van der Waals surface area (Å²) in [6, 6.07) is 5.76. The van der Waals surface area contributed by atoms with Crippen molar-refractivity contribution in [2.24, 2.45) is 0 Å². The normalized spacial score (nSPS) is 10.7. The van der Waals surface area contributed by atoms with Gasteiger partial charge in [0.25, 0.3) is 11.7 Å². The minimum atomic E-state index is -2.52. The van der Waals surface area contributed by atoms with E-state index in [4.69, 9.17) is 0 Å². The summed E-state index contributed by atoms with van der Waals surface area (Å²) in [6.45, 7) is 1.24. The monoisotopic (exact) mass is 359 g/mol. The number of rotatable bonds is 8. The fourth-order valence-electron chi connectivity index (χ4n) is 1.43. The molecule has 0 radical (unpaired) electrons. The molecule has 0 aliphatic heterocycles. The molecular weight excluding hydrogens is 344 g/mol. The molecule has 0 bridgehead atoms. The molecule has 1 amide bonds. The number of ether oxygens (including phenoxy) is 2. The summed E-state index contributed by atoms with van der Waals surface area (Å²) in [5.41, 5.74) is 0.372. The first-order valence-corrected chi connectivity index (χ1v) is 7.65. The standard InChI is InChI=1S/C15H15F2NO5S/c1-2-22-13(20)7-8-14(21)23-9-12(19)18-10-3-5-11(6-4-10)24-15(16)17/h3-8,15H,2,9H2,1H3,(H,18,19)/b8-7+. The number of esters is 2. The third-order valence-electron chi connectivity index (χ3n) is 2.35. The zero-order valence-electron chi connectivity index (χ0n) is 12.7. The van der Waals surface area contributed by atoms with E-state index >= 15 is 0 Å². The summed E-state index contributed by atoms with van der Waals surface area (Å²) in [5, 5.41) is 2.43. The van der Waals surface area contributed by atoms with Crippen molar-refractivity contribution in [3.63, 3.8) is 0 Å². The molecule has 1 N–H and O–H groups in total. The van der Waals surface area contributed by atoms with Crippen LogP contribution < -0.4 is 5.32 Å². The zero-order valence-corrected chi connectivity index (χ0v) is 13.5. The number of carbonyl (C=O) groups is 3. The first-order valence-electron chi connectivity index (χ1n) is 6.77. The van der Waals surface area contributed by atoms with Gasteiger partial charge >= 0.3 is 11.9 Å². The molecule has 0 atom stereocenters. The number of hydrogen-bond donors (Lipinski definition) is 1. The molecule has 0 heterocycles. The first kappa shape index (κ1) is 19.6. The van der Waals surface area contributed by atoms with Crippen molar-refractivity contribution in [1.29, 1.82) is 0 Å². The van der Waals surface area contributed by atoms with E-state index < -0.39 is 30.2 Å². The fourth-order valence-corrected chi connectivity index (χ4v) is 1.93. The van der Waals surface area contributed by atoms with Crippen molar-refractivity contribution in [3.8, 4) is 0 Å². The molecule has 0 aliphatic carbocycles. The smallest absolute Gasteiger partial charge is 0.331 e. The van der Waals surface area contributed by atoms with Crippen LogP contribution in [0.3, 0.4) is 0 Å². The average Bonchev–Trinajstić information content (AvgIpc) is 2.52. The van der Waals surface area contributed by atoms with Gasteiger partial charge in [-0.25, -0.2) is 9.59 Å². The molecule has 0 aliphatic rings. The maximum Gasteiger partial charge on any atom is 0.331 e. The van der Waals surface area contributed by atoms with Gasteiger partial charge in [0.05, 0.1) is 6.61 Å². The minimum absolute atomic E-state index is 0.176. The van der Waals surface area contributed by atoms with E-state index in [0.29, 0.717) is 22.3 Å². The Balaban J connectivity index is 2.38. The Kier molecular flexibility index (Phi) is 8.48. The van der Waals surface area contributed by atoms with Crippen LogP contribution >= 0.6 is 11.8 Å². The molecule has 1 aromatic carbocycles. The lowest BCUT2D eigenvalue weighted by molar-refractivity contribution is -0.143. The summed E-state index contributed by atoms with van der Waals surface area (Å²) >= 11 is 0.391. The molecule has 130 valence electrons. The number of hydrogen-bond acceptors (Lipinski definition) is 6. The number of amides is 1. The van der Waals surface area contributed by atoms with Crippen LogP contribution in [-0.2, 0) is 23.9 Å². The number of carbonyl (C=O) groups excluding carboxylic acids is 3. The van der Waals surface area contributed by atoms with Crippen LogP contribution in [0.15, 0.2) is 41.3 Å². The van der Waals surface area contributed by atoms with Crippen LogP contribution in [0.25, 0.3) is 0 Å². The van der Waals surface area contributed by atoms with Crippen LogP contribution in [-0.4, -0.2) is 36.8 Å². The summed E-state index contributed by atoms with van der Waals surface area (Å²) < 4.78 is 33.5. The Labute approximate surface area is 141 Å². The minimum Gasteiger partial charge on any atom is -0.463 e. The summed E-state index contributed by atoms with van der Waals surface area (Å²) in [5.74, 6) is -4.70. The van der Waals surface area contributed by atoms with E-state index in [9.17, 15) is 23.2 Å². The number of anilines is 1. The highest BCUT2D eigenvalue weighted by atomic mass is 32.2. The Morgan fingerprint density at radius 2 is 1.71 bits per heavy atom. The van der Waals surface area contributed by atoms with Crippen molar-refractivity contribution < 1.29 is 32.6 Å². The van der Waals surface area contributed by atoms with Gasteiger partial charge in [-0.1, -0.05) is 11.8 Å². The van der Waals surface area contributed by atoms with Crippen molar-refractivity contribution in [3.05, 3.63) is 36.4 Å². The van der Waals surface area contributed by atoms with Crippen LogP contribution in [0.2, 0.25) is 0 Å². The van der Waals surface area contributed by atoms with Crippen LogP contribution in [0.4, 0.5) is 14.5 Å². The van der Waals surface area contributed by atoms with Crippen LogP contribution in [0.5, 0.6) is 0 Å². The Morgan fingerprint density at radius 3 is 2.25 bits per heavy atom. The predicted octanol–water partition coefficient (Wildman–Crippen LogP) is 2.60. The molecule has 0 fully saturated rings. The second-order valence-electron chi connectivity index (χ2n) is 4.14. The molecule has 0 unspecified atom stereocenters. The lowest BCUT2D eigenvalue weighted by Crippen LogP contribution is -2.20. The molecule has 0 aromatic heterocycles. The van der Waals surface area contributed by atoms with E-state index in [1.165, 1.54) is 24.3 Å². The molecule has 6 nitrogen and oxygen atoms in total. The fraction of sp³-hybridized carbons (Fsp3) is 0.267. The van der Waals surface area contributed by atoms with E-state index in [0.717, 1.165) is 12.2 Å². The van der Waals surface area contributed by atoms with E-state index in [1.54, 1.807) is 6.92 Å². The average molecular weight is 359 g/mol. The second-order valence-corrected chi connectivity index (χ2v) is 5.21. The third-order valence-corrected chi connectivity index (χ3v) is 3.07. The van der Waals surface area contributed by atoms with E-state index in [2.05, 4.69) is 14.8 Å². The Morgan fingerprint density at radius 1 is 1.12 bits per heavy atom.